The van der Waals surface area contributed by atoms with E-state index in [9.17, 15) is 5.11 Å². The number of aliphatic hydroxyl groups is 1. The molecule has 0 bridgehead atoms. The average molecular weight is 282 g/mol. The Kier molecular flexibility index (Phi) is 4.32. The van der Waals surface area contributed by atoms with E-state index in [2.05, 4.69) is 16.9 Å². The molecule has 0 aliphatic carbocycles. The van der Waals surface area contributed by atoms with Crippen molar-refractivity contribution in [2.24, 2.45) is 0 Å². The molecule has 0 saturated carbocycles. The minimum absolute atomic E-state index is 0.236. The maximum Gasteiger partial charge on any atom is 0.0945 e. The highest BCUT2D eigenvalue weighted by molar-refractivity contribution is 5.59. The van der Waals surface area contributed by atoms with Crippen molar-refractivity contribution < 1.29 is 5.11 Å². The molecule has 21 heavy (non-hydrogen) atoms. The fraction of sp³-hybridized carbons (Fsp3) is 0.389. The topological polar surface area (TPSA) is 36.4 Å². The van der Waals surface area contributed by atoms with Gasteiger partial charge in [-0.2, -0.15) is 0 Å². The molecule has 2 atom stereocenters. The van der Waals surface area contributed by atoms with Crippen LogP contribution in [0.2, 0.25) is 0 Å². The van der Waals surface area contributed by atoms with Crippen LogP contribution >= 0.6 is 0 Å². The van der Waals surface area contributed by atoms with Gasteiger partial charge in [0.25, 0.3) is 0 Å². The third kappa shape index (κ3) is 3.14. The molecule has 1 aromatic heterocycles. The van der Waals surface area contributed by atoms with Gasteiger partial charge in [-0.05, 0) is 44.1 Å². The number of rotatable bonds is 3. The van der Waals surface area contributed by atoms with E-state index in [0.717, 1.165) is 29.8 Å². The molecule has 1 unspecified atom stereocenters. The summed E-state index contributed by atoms with van der Waals surface area (Å²) >= 11 is 0. The molecule has 1 aromatic carbocycles. The number of likely N-dealkylation sites (tertiary alicyclic amines) is 1. The Morgan fingerprint density at radius 1 is 1.14 bits per heavy atom. The molecule has 1 aliphatic heterocycles. The molecular formula is C18H22N2O. The predicted molar refractivity (Wildman–Crippen MR) is 84.9 cm³/mol. The van der Waals surface area contributed by atoms with Gasteiger partial charge in [-0.15, -0.1) is 0 Å². The van der Waals surface area contributed by atoms with Gasteiger partial charge >= 0.3 is 0 Å². The van der Waals surface area contributed by atoms with E-state index in [1.54, 1.807) is 6.20 Å². The van der Waals surface area contributed by atoms with Crippen molar-refractivity contribution in [3.8, 4) is 11.3 Å². The van der Waals surface area contributed by atoms with Crippen LogP contribution in [0.5, 0.6) is 0 Å². The van der Waals surface area contributed by atoms with Crippen LogP contribution in [0.1, 0.15) is 30.9 Å². The van der Waals surface area contributed by atoms with Crippen LogP contribution in [0.25, 0.3) is 11.3 Å². The van der Waals surface area contributed by atoms with Crippen LogP contribution in [0.4, 0.5) is 0 Å². The first-order valence-electron chi connectivity index (χ1n) is 7.65. The first-order valence-corrected chi connectivity index (χ1v) is 7.65. The number of piperidine rings is 1. The van der Waals surface area contributed by atoms with E-state index in [1.807, 2.05) is 42.5 Å². The van der Waals surface area contributed by atoms with E-state index in [4.69, 9.17) is 0 Å². The highest BCUT2D eigenvalue weighted by Gasteiger charge is 2.27. The lowest BCUT2D eigenvalue weighted by molar-refractivity contribution is 0.0403. The third-order valence-corrected chi connectivity index (χ3v) is 4.40. The molecule has 3 rings (SSSR count). The molecule has 1 N–H and O–H groups in total. The minimum atomic E-state index is -0.409. The van der Waals surface area contributed by atoms with Crippen molar-refractivity contribution in [2.75, 3.05) is 13.6 Å². The standard InChI is InChI=1S/C18H22N2O/c1-20-13-5-3-7-17(20)18(21)15-10-8-14(9-11-15)16-6-2-4-12-19-16/h2,4,6,8-12,17-18,21H,3,5,7,13H2,1H3/t17-,18?/m0/s1. The summed E-state index contributed by atoms with van der Waals surface area (Å²) < 4.78 is 0. The zero-order valence-corrected chi connectivity index (χ0v) is 12.4. The lowest BCUT2D eigenvalue weighted by atomic mass is 9.93. The van der Waals surface area contributed by atoms with E-state index in [1.165, 1.54) is 12.8 Å². The molecule has 3 heteroatoms. The molecular weight excluding hydrogens is 260 g/mol. The van der Waals surface area contributed by atoms with Gasteiger partial charge in [0, 0.05) is 17.8 Å². The summed E-state index contributed by atoms with van der Waals surface area (Å²) in [5.74, 6) is 0. The molecule has 2 aromatic rings. The minimum Gasteiger partial charge on any atom is -0.387 e. The normalized spacial score (nSPS) is 21.1. The summed E-state index contributed by atoms with van der Waals surface area (Å²) in [5.41, 5.74) is 3.05. The second kappa shape index (κ2) is 6.37. The Balaban J connectivity index is 1.77. The molecule has 0 amide bonds. The Labute approximate surface area is 126 Å². The Morgan fingerprint density at radius 2 is 1.95 bits per heavy atom. The third-order valence-electron chi connectivity index (χ3n) is 4.40. The largest absolute Gasteiger partial charge is 0.387 e. The van der Waals surface area contributed by atoms with Crippen LogP contribution in [0.3, 0.4) is 0 Å². The van der Waals surface area contributed by atoms with Gasteiger partial charge in [0.1, 0.15) is 0 Å². The van der Waals surface area contributed by atoms with E-state index in [0.29, 0.717) is 0 Å². The summed E-state index contributed by atoms with van der Waals surface area (Å²) in [7, 11) is 2.11. The Morgan fingerprint density at radius 3 is 2.62 bits per heavy atom. The van der Waals surface area contributed by atoms with Gasteiger partial charge in [-0.25, -0.2) is 0 Å². The fourth-order valence-electron chi connectivity index (χ4n) is 3.11. The van der Waals surface area contributed by atoms with Crippen molar-refractivity contribution >= 4 is 0 Å². The van der Waals surface area contributed by atoms with Crippen molar-refractivity contribution in [1.29, 1.82) is 0 Å². The molecule has 2 heterocycles. The molecule has 1 aliphatic rings. The zero-order valence-electron chi connectivity index (χ0n) is 12.4. The molecule has 0 spiro atoms. The maximum atomic E-state index is 10.6. The molecule has 1 saturated heterocycles. The van der Waals surface area contributed by atoms with Crippen LogP contribution in [-0.4, -0.2) is 34.6 Å². The monoisotopic (exact) mass is 282 g/mol. The second-order valence-corrected chi connectivity index (χ2v) is 5.83. The number of hydrogen-bond acceptors (Lipinski definition) is 3. The number of likely N-dealkylation sites (N-methyl/N-ethyl adjacent to an activating group) is 1. The van der Waals surface area contributed by atoms with Gasteiger partial charge in [0.15, 0.2) is 0 Å². The summed E-state index contributed by atoms with van der Waals surface area (Å²) in [6, 6.07) is 14.3. The SMILES string of the molecule is CN1CCCC[C@H]1C(O)c1ccc(-c2ccccn2)cc1. The van der Waals surface area contributed by atoms with E-state index in [-0.39, 0.29) is 6.04 Å². The molecule has 110 valence electrons. The second-order valence-electron chi connectivity index (χ2n) is 5.83. The average Bonchev–Trinajstić information content (AvgIpc) is 2.56. The highest BCUT2D eigenvalue weighted by atomic mass is 16.3. The van der Waals surface area contributed by atoms with Gasteiger partial charge in [0.05, 0.1) is 11.8 Å². The number of aliphatic hydroxyl groups excluding tert-OH is 1. The summed E-state index contributed by atoms with van der Waals surface area (Å²) in [6.07, 6.45) is 4.90. The van der Waals surface area contributed by atoms with Gasteiger partial charge in [-0.3, -0.25) is 4.98 Å². The lowest BCUT2D eigenvalue weighted by Crippen LogP contribution is -2.40. The van der Waals surface area contributed by atoms with Crippen molar-refractivity contribution in [3.63, 3.8) is 0 Å². The first kappa shape index (κ1) is 14.2. The quantitative estimate of drug-likeness (QED) is 0.938. The van der Waals surface area contributed by atoms with Gasteiger partial charge < -0.3 is 10.0 Å². The number of benzene rings is 1. The molecule has 3 nitrogen and oxygen atoms in total. The molecule has 1 fully saturated rings. The summed E-state index contributed by atoms with van der Waals surface area (Å²) in [4.78, 5) is 6.63. The van der Waals surface area contributed by atoms with Crippen molar-refractivity contribution in [3.05, 3.63) is 54.2 Å². The zero-order chi connectivity index (χ0) is 14.7. The number of pyridine rings is 1. The number of aromatic nitrogens is 1. The predicted octanol–water partition coefficient (Wildman–Crippen LogP) is 3.27. The van der Waals surface area contributed by atoms with Gasteiger partial charge in [-0.1, -0.05) is 36.8 Å². The van der Waals surface area contributed by atoms with Crippen molar-refractivity contribution in [1.82, 2.24) is 9.88 Å². The first-order chi connectivity index (χ1) is 10.3. The smallest absolute Gasteiger partial charge is 0.0945 e. The highest BCUT2D eigenvalue weighted by Crippen LogP contribution is 2.28. The Bertz CT molecular complexity index is 568. The van der Waals surface area contributed by atoms with Crippen LogP contribution in [0, 0.1) is 0 Å². The number of nitrogens with zero attached hydrogens (tertiary/aromatic N) is 2. The number of hydrogen-bond donors (Lipinski definition) is 1. The van der Waals surface area contributed by atoms with Crippen LogP contribution in [-0.2, 0) is 0 Å². The van der Waals surface area contributed by atoms with Crippen LogP contribution < -0.4 is 0 Å². The van der Waals surface area contributed by atoms with Crippen LogP contribution in [0.15, 0.2) is 48.7 Å². The van der Waals surface area contributed by atoms with E-state index >= 15 is 0 Å². The summed E-state index contributed by atoms with van der Waals surface area (Å²) in [5, 5.41) is 10.6. The maximum absolute atomic E-state index is 10.6. The van der Waals surface area contributed by atoms with Crippen molar-refractivity contribution in [2.45, 2.75) is 31.4 Å². The molecule has 0 radical (unpaired) electrons. The Hall–Kier alpha value is -1.71. The fourth-order valence-corrected chi connectivity index (χ4v) is 3.11. The van der Waals surface area contributed by atoms with Gasteiger partial charge in [0.2, 0.25) is 0 Å². The lowest BCUT2D eigenvalue weighted by Gasteiger charge is -2.35. The summed E-state index contributed by atoms with van der Waals surface area (Å²) in [6.45, 7) is 1.08. The van der Waals surface area contributed by atoms with E-state index < -0.39 is 6.10 Å².